The summed E-state index contributed by atoms with van der Waals surface area (Å²) < 4.78 is 29.9. The van der Waals surface area contributed by atoms with Gasteiger partial charge in [-0.1, -0.05) is 29.7 Å². The monoisotopic (exact) mass is 386 g/mol. The van der Waals surface area contributed by atoms with Crippen LogP contribution in [-0.4, -0.2) is 44.9 Å². The van der Waals surface area contributed by atoms with Gasteiger partial charge in [0, 0.05) is 24.2 Å². The Bertz CT molecular complexity index is 896. The van der Waals surface area contributed by atoms with E-state index in [1.165, 1.54) is 0 Å². The number of hydrogen-bond donors (Lipinski definition) is 3. The number of hydrogen-bond acceptors (Lipinski definition) is 4. The van der Waals surface area contributed by atoms with Crippen LogP contribution in [0.1, 0.15) is 22.3 Å². The second kappa shape index (κ2) is 9.34. The van der Waals surface area contributed by atoms with E-state index in [1.807, 2.05) is 0 Å². The summed E-state index contributed by atoms with van der Waals surface area (Å²) in [6.07, 6.45) is 0.787. The Morgan fingerprint density at radius 2 is 1.63 bits per heavy atom. The highest BCUT2D eigenvalue weighted by atomic mass is 32.2. The van der Waals surface area contributed by atoms with Crippen LogP contribution >= 0.6 is 0 Å². The number of carbonyl (C=O) groups is 2. The lowest BCUT2D eigenvalue weighted by molar-refractivity contribution is -0.116. The first-order chi connectivity index (χ1) is 12.7. The van der Waals surface area contributed by atoms with E-state index in [4.69, 9.17) is 12.4 Å². The molecule has 2 radical (unpaired) electrons. The largest absolute Gasteiger partial charge is 0.351 e. The Labute approximate surface area is 159 Å². The van der Waals surface area contributed by atoms with Crippen LogP contribution < -0.4 is 16.1 Å². The lowest BCUT2D eigenvalue weighted by Crippen LogP contribution is -2.28. The molecule has 9 heteroatoms. The molecule has 0 aromatic heterocycles. The van der Waals surface area contributed by atoms with Gasteiger partial charge in [-0.15, -0.1) is 0 Å². The number of nitrogens with one attached hydrogen (secondary N) is 2. The summed E-state index contributed by atoms with van der Waals surface area (Å²) in [5.41, 5.74) is 2.54. The summed E-state index contributed by atoms with van der Waals surface area (Å²) in [5, 5.41) is 5.18. The smallest absolute Gasteiger partial charge is 0.266 e. The molecule has 0 aliphatic carbocycles. The highest BCUT2D eigenvalue weighted by Gasteiger charge is 2.09. The van der Waals surface area contributed by atoms with Gasteiger partial charge >= 0.3 is 0 Å². The second-order valence-corrected chi connectivity index (χ2v) is 7.48. The summed E-state index contributed by atoms with van der Waals surface area (Å²) in [6, 6.07) is 13.5. The van der Waals surface area contributed by atoms with Crippen molar-refractivity contribution in [1.29, 1.82) is 0 Å². The first kappa shape index (κ1) is 20.7. The average molecular weight is 386 g/mol. The SMILES string of the molecule is [B]c1ccc(NC(=O)CCc2ccc(C(=O)NCCS(=O)(=O)O)cc2)cc1. The van der Waals surface area contributed by atoms with Gasteiger partial charge in [0.05, 0.1) is 5.75 Å². The molecule has 27 heavy (non-hydrogen) atoms. The van der Waals surface area contributed by atoms with Crippen LogP contribution in [0.25, 0.3) is 0 Å². The molecule has 2 amide bonds. The molecule has 0 unspecified atom stereocenters. The zero-order chi connectivity index (χ0) is 19.9. The van der Waals surface area contributed by atoms with Gasteiger partial charge < -0.3 is 10.6 Å². The topological polar surface area (TPSA) is 113 Å². The highest BCUT2D eigenvalue weighted by Crippen LogP contribution is 2.09. The third kappa shape index (κ3) is 7.63. The zero-order valence-corrected chi connectivity index (χ0v) is 15.3. The molecule has 0 aliphatic rings. The quantitative estimate of drug-likeness (QED) is 0.456. The van der Waals surface area contributed by atoms with E-state index in [1.54, 1.807) is 48.5 Å². The van der Waals surface area contributed by atoms with Gasteiger partial charge in [0.15, 0.2) is 0 Å². The normalized spacial score (nSPS) is 11.0. The number of anilines is 1. The molecule has 2 rings (SSSR count). The molecule has 0 fully saturated rings. The van der Waals surface area contributed by atoms with Crippen molar-refractivity contribution in [1.82, 2.24) is 5.32 Å². The minimum atomic E-state index is -4.11. The van der Waals surface area contributed by atoms with Gasteiger partial charge in [-0.25, -0.2) is 0 Å². The minimum Gasteiger partial charge on any atom is -0.351 e. The van der Waals surface area contributed by atoms with Gasteiger partial charge in [0.1, 0.15) is 7.85 Å². The van der Waals surface area contributed by atoms with Crippen LogP contribution in [-0.2, 0) is 21.3 Å². The van der Waals surface area contributed by atoms with Gasteiger partial charge in [-0.2, -0.15) is 8.42 Å². The Morgan fingerprint density at radius 3 is 2.22 bits per heavy atom. The first-order valence-electron chi connectivity index (χ1n) is 8.20. The Morgan fingerprint density at radius 1 is 1.00 bits per heavy atom. The summed E-state index contributed by atoms with van der Waals surface area (Å²) in [7, 11) is 1.48. The van der Waals surface area contributed by atoms with E-state index in [2.05, 4.69) is 10.6 Å². The molecule has 0 heterocycles. The lowest BCUT2D eigenvalue weighted by Gasteiger charge is -2.07. The van der Waals surface area contributed by atoms with Crippen molar-refractivity contribution in [2.45, 2.75) is 12.8 Å². The summed E-state index contributed by atoms with van der Waals surface area (Å²) in [6.45, 7) is -0.176. The number of carbonyl (C=O) groups excluding carboxylic acids is 2. The van der Waals surface area contributed by atoms with Crippen molar-refractivity contribution in [3.8, 4) is 0 Å². The molecule has 0 spiro atoms. The molecule has 0 bridgehead atoms. The Hall–Kier alpha value is -2.65. The van der Waals surface area contributed by atoms with Crippen LogP contribution in [0, 0.1) is 0 Å². The van der Waals surface area contributed by atoms with E-state index in [-0.39, 0.29) is 18.9 Å². The fraction of sp³-hybridized carbons (Fsp3) is 0.222. The average Bonchev–Trinajstić information content (AvgIpc) is 2.61. The minimum absolute atomic E-state index is 0.133. The van der Waals surface area contributed by atoms with Crippen LogP contribution in [0.5, 0.6) is 0 Å². The van der Waals surface area contributed by atoms with Gasteiger partial charge in [0.25, 0.3) is 16.0 Å². The highest BCUT2D eigenvalue weighted by molar-refractivity contribution is 7.85. The maximum absolute atomic E-state index is 12.0. The first-order valence-corrected chi connectivity index (χ1v) is 9.81. The van der Waals surface area contributed by atoms with Crippen molar-refractivity contribution in [2.24, 2.45) is 0 Å². The molecule has 2 aromatic rings. The molecular weight excluding hydrogens is 367 g/mol. The molecule has 0 atom stereocenters. The van der Waals surface area contributed by atoms with Gasteiger partial charge in [-0.3, -0.25) is 14.1 Å². The summed E-state index contributed by atoms with van der Waals surface area (Å²) in [4.78, 5) is 23.8. The predicted molar refractivity (Wildman–Crippen MR) is 104 cm³/mol. The Balaban J connectivity index is 1.80. The van der Waals surface area contributed by atoms with Crippen molar-refractivity contribution < 1.29 is 22.6 Å². The third-order valence-electron chi connectivity index (χ3n) is 3.70. The molecule has 0 saturated heterocycles. The van der Waals surface area contributed by atoms with E-state index in [0.29, 0.717) is 23.1 Å². The molecular formula is C18H19BN2O5S. The molecule has 0 aliphatic heterocycles. The number of aryl methyl sites for hydroxylation is 1. The van der Waals surface area contributed by atoms with E-state index in [0.717, 1.165) is 5.56 Å². The van der Waals surface area contributed by atoms with Crippen molar-refractivity contribution in [3.05, 3.63) is 59.7 Å². The molecule has 7 nitrogen and oxygen atoms in total. The van der Waals surface area contributed by atoms with Gasteiger partial charge in [-0.05, 0) is 36.2 Å². The Kier molecular flexibility index (Phi) is 7.15. The van der Waals surface area contributed by atoms with E-state index in [9.17, 15) is 18.0 Å². The van der Waals surface area contributed by atoms with E-state index < -0.39 is 21.8 Å². The van der Waals surface area contributed by atoms with Crippen molar-refractivity contribution in [2.75, 3.05) is 17.6 Å². The molecule has 3 N–H and O–H groups in total. The zero-order valence-electron chi connectivity index (χ0n) is 14.5. The number of rotatable bonds is 8. The van der Waals surface area contributed by atoms with E-state index >= 15 is 0 Å². The maximum atomic E-state index is 12.0. The standard InChI is InChI=1S/C18H19BN2O5S/c19-15-6-8-16(9-7-15)21-17(22)10-3-13-1-4-14(5-2-13)18(23)20-11-12-27(24,25)26/h1-2,4-9H,3,10-12H2,(H,20,23)(H,21,22)(H,24,25,26). The summed E-state index contributed by atoms with van der Waals surface area (Å²) >= 11 is 0. The number of benzene rings is 2. The van der Waals surface area contributed by atoms with Crippen LogP contribution in [0.4, 0.5) is 5.69 Å². The van der Waals surface area contributed by atoms with Crippen molar-refractivity contribution in [3.63, 3.8) is 0 Å². The summed E-state index contributed by atoms with van der Waals surface area (Å²) in [5.74, 6) is -1.11. The number of amides is 2. The van der Waals surface area contributed by atoms with Crippen LogP contribution in [0.15, 0.2) is 48.5 Å². The predicted octanol–water partition coefficient (Wildman–Crippen LogP) is 0.669. The van der Waals surface area contributed by atoms with Gasteiger partial charge in [0.2, 0.25) is 5.91 Å². The molecule has 0 saturated carbocycles. The fourth-order valence-electron chi connectivity index (χ4n) is 2.27. The van der Waals surface area contributed by atoms with Crippen molar-refractivity contribution >= 4 is 40.9 Å². The molecule has 140 valence electrons. The molecule has 2 aromatic carbocycles. The van der Waals surface area contributed by atoms with Crippen LogP contribution in [0.2, 0.25) is 0 Å². The van der Waals surface area contributed by atoms with Crippen LogP contribution in [0.3, 0.4) is 0 Å². The second-order valence-electron chi connectivity index (χ2n) is 5.91. The fourth-order valence-corrected chi connectivity index (χ4v) is 2.63. The third-order valence-corrected chi connectivity index (χ3v) is 4.42. The maximum Gasteiger partial charge on any atom is 0.266 e. The lowest BCUT2D eigenvalue weighted by atomic mass is 9.96.